The molecule has 11 rings (SSSR count). The van der Waals surface area contributed by atoms with Gasteiger partial charge in [0.05, 0.1) is 22.2 Å². The highest BCUT2D eigenvalue weighted by Crippen LogP contribution is 2.42. The molecular formula is C48H31N3S. The smallest absolute Gasteiger partial charge is 0.235 e. The quantitative estimate of drug-likeness (QED) is 0.185. The van der Waals surface area contributed by atoms with Gasteiger partial charge < -0.3 is 0 Å². The van der Waals surface area contributed by atoms with Crippen LogP contribution in [0.2, 0.25) is 0 Å². The Bertz CT molecular complexity index is 3120. The van der Waals surface area contributed by atoms with E-state index in [-0.39, 0.29) is 0 Å². The molecular weight excluding hydrogens is 651 g/mol. The van der Waals surface area contributed by atoms with Crippen molar-refractivity contribution in [3.8, 4) is 28.3 Å². The van der Waals surface area contributed by atoms with Crippen LogP contribution in [0.3, 0.4) is 0 Å². The van der Waals surface area contributed by atoms with Gasteiger partial charge >= 0.3 is 0 Å². The molecule has 3 aromatic heterocycles. The molecule has 0 bridgehead atoms. The molecule has 0 spiro atoms. The minimum atomic E-state index is 0.675. The van der Waals surface area contributed by atoms with Gasteiger partial charge in [-0.15, -0.1) is 11.3 Å². The summed E-state index contributed by atoms with van der Waals surface area (Å²) >= 11 is 1.88. The molecule has 0 saturated carbocycles. The first-order valence-corrected chi connectivity index (χ1v) is 18.7. The minimum Gasteiger partial charge on any atom is -0.278 e. The van der Waals surface area contributed by atoms with Crippen molar-refractivity contribution in [3.05, 3.63) is 169 Å². The molecule has 0 N–H and O–H groups in total. The van der Waals surface area contributed by atoms with Crippen molar-refractivity contribution in [2.75, 3.05) is 0 Å². The van der Waals surface area contributed by atoms with Crippen molar-refractivity contribution in [3.63, 3.8) is 0 Å². The molecule has 1 aliphatic rings. The van der Waals surface area contributed by atoms with Crippen LogP contribution in [0.5, 0.6) is 0 Å². The lowest BCUT2D eigenvalue weighted by Crippen LogP contribution is -2.03. The zero-order valence-corrected chi connectivity index (χ0v) is 29.1. The van der Waals surface area contributed by atoms with Crippen molar-refractivity contribution in [1.29, 1.82) is 0 Å². The molecule has 3 heterocycles. The van der Waals surface area contributed by atoms with Gasteiger partial charge in [-0.1, -0.05) is 133 Å². The normalized spacial score (nSPS) is 13.3. The van der Waals surface area contributed by atoms with E-state index in [2.05, 4.69) is 168 Å². The molecule has 4 heteroatoms. The summed E-state index contributed by atoms with van der Waals surface area (Å²) in [6.07, 6.45) is 9.02. The first kappa shape index (κ1) is 29.4. The lowest BCUT2D eigenvalue weighted by molar-refractivity contribution is 1.01. The van der Waals surface area contributed by atoms with Gasteiger partial charge in [-0.3, -0.25) is 4.57 Å². The van der Waals surface area contributed by atoms with E-state index >= 15 is 0 Å². The fourth-order valence-electron chi connectivity index (χ4n) is 8.19. The maximum absolute atomic E-state index is 5.36. The fourth-order valence-corrected chi connectivity index (χ4v) is 9.43. The molecule has 0 saturated heterocycles. The summed E-state index contributed by atoms with van der Waals surface area (Å²) in [5.74, 6) is 0.675. The first-order valence-electron chi connectivity index (χ1n) is 17.9. The molecule has 1 aliphatic carbocycles. The SMILES string of the molecule is C1=CC(c2ccc(-c3nc(-n4c5ccccc5c5c6ccc(-c7cccc8c7sc7ccccc78)cc6ccc54)nc4ccccc34)cc2)=CCC1. The van der Waals surface area contributed by atoms with E-state index in [1.54, 1.807) is 0 Å². The predicted octanol–water partition coefficient (Wildman–Crippen LogP) is 13.3. The Labute approximate surface area is 304 Å². The fraction of sp³-hybridized carbons (Fsp3) is 0.0417. The third-order valence-electron chi connectivity index (χ3n) is 10.6. The highest BCUT2D eigenvalue weighted by Gasteiger charge is 2.19. The highest BCUT2D eigenvalue weighted by atomic mass is 32.1. The van der Waals surface area contributed by atoms with Crippen molar-refractivity contribution in [1.82, 2.24) is 14.5 Å². The monoisotopic (exact) mass is 681 g/mol. The number of rotatable bonds is 4. The molecule has 7 aromatic carbocycles. The van der Waals surface area contributed by atoms with Crippen molar-refractivity contribution >= 4 is 80.6 Å². The Hall–Kier alpha value is -6.36. The van der Waals surface area contributed by atoms with E-state index in [9.17, 15) is 0 Å². The second-order valence-electron chi connectivity index (χ2n) is 13.6. The second-order valence-corrected chi connectivity index (χ2v) is 14.7. The Morgan fingerprint density at radius 1 is 0.538 bits per heavy atom. The van der Waals surface area contributed by atoms with Gasteiger partial charge in [0.1, 0.15) is 0 Å². The van der Waals surface area contributed by atoms with E-state index in [0.29, 0.717) is 5.95 Å². The van der Waals surface area contributed by atoms with Crippen LogP contribution in [-0.4, -0.2) is 14.5 Å². The Morgan fingerprint density at radius 3 is 2.19 bits per heavy atom. The van der Waals surface area contributed by atoms with Gasteiger partial charge in [-0.05, 0) is 76.2 Å². The molecule has 0 fully saturated rings. The van der Waals surface area contributed by atoms with Gasteiger partial charge in [0, 0.05) is 41.9 Å². The minimum absolute atomic E-state index is 0.675. The third kappa shape index (κ3) is 4.51. The predicted molar refractivity (Wildman–Crippen MR) is 221 cm³/mol. The van der Waals surface area contributed by atoms with E-state index in [4.69, 9.17) is 9.97 Å². The summed E-state index contributed by atoms with van der Waals surface area (Å²) in [5, 5.41) is 8.54. The maximum atomic E-state index is 5.36. The lowest BCUT2D eigenvalue weighted by atomic mass is 9.97. The van der Waals surface area contributed by atoms with Gasteiger partial charge in [-0.25, -0.2) is 9.97 Å². The number of fused-ring (bicyclic) bond motifs is 9. The molecule has 244 valence electrons. The van der Waals surface area contributed by atoms with Gasteiger partial charge in [0.15, 0.2) is 0 Å². The molecule has 3 nitrogen and oxygen atoms in total. The van der Waals surface area contributed by atoms with Crippen LogP contribution in [0.4, 0.5) is 0 Å². The van der Waals surface area contributed by atoms with Crippen LogP contribution in [0, 0.1) is 0 Å². The van der Waals surface area contributed by atoms with Gasteiger partial charge in [0.25, 0.3) is 0 Å². The van der Waals surface area contributed by atoms with Crippen molar-refractivity contribution in [2.24, 2.45) is 0 Å². The van der Waals surface area contributed by atoms with E-state index < -0.39 is 0 Å². The zero-order valence-electron chi connectivity index (χ0n) is 28.3. The summed E-state index contributed by atoms with van der Waals surface area (Å²) in [6, 6.07) is 52.7. The lowest BCUT2D eigenvalue weighted by Gasteiger charge is -2.13. The van der Waals surface area contributed by atoms with Crippen LogP contribution in [0.1, 0.15) is 18.4 Å². The Kier molecular flexibility index (Phi) is 6.55. The Morgan fingerprint density at radius 2 is 1.31 bits per heavy atom. The average molecular weight is 682 g/mol. The molecule has 0 aliphatic heterocycles. The van der Waals surface area contributed by atoms with Crippen molar-refractivity contribution < 1.29 is 0 Å². The topological polar surface area (TPSA) is 30.7 Å². The Balaban J connectivity index is 1.10. The molecule has 0 atom stereocenters. The number of hydrogen-bond donors (Lipinski definition) is 0. The summed E-state index contributed by atoms with van der Waals surface area (Å²) in [4.78, 5) is 10.6. The molecule has 10 aromatic rings. The van der Waals surface area contributed by atoms with Crippen molar-refractivity contribution in [2.45, 2.75) is 12.8 Å². The number of nitrogens with zero attached hydrogens (tertiary/aromatic N) is 3. The summed E-state index contributed by atoms with van der Waals surface area (Å²) in [7, 11) is 0. The molecule has 0 radical (unpaired) electrons. The average Bonchev–Trinajstić information content (AvgIpc) is 3.77. The molecule has 0 amide bonds. The first-order chi connectivity index (χ1) is 25.8. The number of thiophene rings is 1. The van der Waals surface area contributed by atoms with Crippen LogP contribution in [0.15, 0.2) is 164 Å². The second kappa shape index (κ2) is 11.6. The summed E-state index contributed by atoms with van der Waals surface area (Å²) in [5.41, 5.74) is 10.2. The van der Waals surface area contributed by atoms with E-state index in [1.165, 1.54) is 64.0 Å². The highest BCUT2D eigenvalue weighted by molar-refractivity contribution is 7.26. The van der Waals surface area contributed by atoms with Crippen LogP contribution >= 0.6 is 11.3 Å². The van der Waals surface area contributed by atoms with E-state index in [0.717, 1.165) is 46.0 Å². The summed E-state index contributed by atoms with van der Waals surface area (Å²) in [6.45, 7) is 0. The number of allylic oxidation sites excluding steroid dienone is 4. The largest absolute Gasteiger partial charge is 0.278 e. The molecule has 52 heavy (non-hydrogen) atoms. The summed E-state index contributed by atoms with van der Waals surface area (Å²) < 4.78 is 4.91. The van der Waals surface area contributed by atoms with Gasteiger partial charge in [-0.2, -0.15) is 0 Å². The van der Waals surface area contributed by atoms with Crippen LogP contribution in [-0.2, 0) is 0 Å². The third-order valence-corrected chi connectivity index (χ3v) is 11.9. The van der Waals surface area contributed by atoms with E-state index in [1.807, 2.05) is 11.3 Å². The van der Waals surface area contributed by atoms with Crippen LogP contribution < -0.4 is 0 Å². The van der Waals surface area contributed by atoms with Gasteiger partial charge in [0.2, 0.25) is 5.95 Å². The van der Waals surface area contributed by atoms with Crippen LogP contribution in [0.25, 0.3) is 97.6 Å². The number of hydrogen-bond acceptors (Lipinski definition) is 3. The standard InChI is InChI=1S/C48H31N3S/c1-2-11-30(12-3-1)31-21-23-32(24-22-31)46-39-14-4-7-18-41(39)49-48(50-46)51-42-19-8-5-15-40(42)45-35-27-25-34(29-33(35)26-28-43(45)51)36-16-10-17-38-37-13-6-9-20-44(37)52-47(36)38/h2,4-29H,1,3H2. The zero-order chi connectivity index (χ0) is 34.2. The maximum Gasteiger partial charge on any atom is 0.235 e. The number of aromatic nitrogens is 3. The number of para-hydroxylation sites is 2. The number of benzene rings is 7. The molecule has 0 unspecified atom stereocenters.